The van der Waals surface area contributed by atoms with Crippen molar-refractivity contribution in [2.45, 2.75) is 26.6 Å². The third kappa shape index (κ3) is 2.81. The van der Waals surface area contributed by atoms with Crippen LogP contribution in [0.3, 0.4) is 0 Å². The van der Waals surface area contributed by atoms with Gasteiger partial charge in [-0.15, -0.1) is 10.2 Å². The average molecular weight is 277 g/mol. The predicted molar refractivity (Wildman–Crippen MR) is 60.4 cm³/mol. The lowest BCUT2D eigenvalue weighted by Crippen LogP contribution is -2.03. The van der Waals surface area contributed by atoms with Crippen molar-refractivity contribution in [3.05, 3.63) is 28.2 Å². The van der Waals surface area contributed by atoms with Crippen molar-refractivity contribution in [3.8, 4) is 0 Å². The molecule has 8 heteroatoms. The first-order chi connectivity index (χ1) is 8.36. The highest BCUT2D eigenvalue weighted by Crippen LogP contribution is 2.33. The Morgan fingerprint density at radius 1 is 1.33 bits per heavy atom. The van der Waals surface area contributed by atoms with Crippen LogP contribution in [0.15, 0.2) is 10.5 Å². The molecule has 98 valence electrons. The molecule has 0 unspecified atom stereocenters. The Bertz CT molecular complexity index is 547. The van der Waals surface area contributed by atoms with Crippen LogP contribution < -0.4 is 5.32 Å². The molecule has 0 saturated heterocycles. The third-order valence-corrected chi connectivity index (χ3v) is 3.17. The molecule has 2 aromatic heterocycles. The predicted octanol–water partition coefficient (Wildman–Crippen LogP) is 3.38. The highest BCUT2D eigenvalue weighted by molar-refractivity contribution is 7.15. The number of rotatable bonds is 3. The standard InChI is InChI=1S/C10H10F3N3OS/c1-5-3-7(6(2)17-5)4-14-9-16-15-8(18-9)10(11,12)13/h3H,4H2,1-2H3,(H,14,16). The first kappa shape index (κ1) is 12.9. The first-order valence-electron chi connectivity index (χ1n) is 5.07. The van der Waals surface area contributed by atoms with Crippen molar-refractivity contribution < 1.29 is 17.6 Å². The minimum Gasteiger partial charge on any atom is -0.466 e. The molecule has 0 bridgehead atoms. The number of alkyl halides is 3. The maximum absolute atomic E-state index is 12.3. The zero-order valence-electron chi connectivity index (χ0n) is 9.63. The van der Waals surface area contributed by atoms with Crippen molar-refractivity contribution in [2.24, 2.45) is 0 Å². The monoisotopic (exact) mass is 277 g/mol. The van der Waals surface area contributed by atoms with Gasteiger partial charge in [-0.25, -0.2) is 0 Å². The summed E-state index contributed by atoms with van der Waals surface area (Å²) in [4.78, 5) is 0. The van der Waals surface area contributed by atoms with Gasteiger partial charge in [0.15, 0.2) is 0 Å². The molecule has 0 spiro atoms. The molecule has 4 nitrogen and oxygen atoms in total. The zero-order valence-corrected chi connectivity index (χ0v) is 10.4. The maximum atomic E-state index is 12.3. The largest absolute Gasteiger partial charge is 0.466 e. The second-order valence-corrected chi connectivity index (χ2v) is 4.68. The number of halogens is 3. The van der Waals surface area contributed by atoms with Crippen LogP contribution in [0.5, 0.6) is 0 Å². The quantitative estimate of drug-likeness (QED) is 0.934. The summed E-state index contributed by atoms with van der Waals surface area (Å²) in [7, 11) is 0. The van der Waals surface area contributed by atoms with Gasteiger partial charge in [-0.2, -0.15) is 13.2 Å². The van der Waals surface area contributed by atoms with Gasteiger partial charge in [-0.1, -0.05) is 11.3 Å². The summed E-state index contributed by atoms with van der Waals surface area (Å²) in [6.45, 7) is 3.96. The number of nitrogens with zero attached hydrogens (tertiary/aromatic N) is 2. The van der Waals surface area contributed by atoms with E-state index in [1.165, 1.54) is 0 Å². The molecular weight excluding hydrogens is 267 g/mol. The molecule has 0 aliphatic heterocycles. The fourth-order valence-corrected chi connectivity index (χ4v) is 2.05. The van der Waals surface area contributed by atoms with Gasteiger partial charge in [0.25, 0.3) is 0 Å². The Hall–Kier alpha value is -1.57. The SMILES string of the molecule is Cc1cc(CNc2nnc(C(F)(F)F)s2)c(C)o1. The molecule has 2 rings (SSSR count). The number of furan rings is 1. The van der Waals surface area contributed by atoms with Crippen LogP contribution in [0, 0.1) is 13.8 Å². The van der Waals surface area contributed by atoms with E-state index in [2.05, 4.69) is 15.5 Å². The van der Waals surface area contributed by atoms with E-state index in [-0.39, 0.29) is 5.13 Å². The Morgan fingerprint density at radius 2 is 2.06 bits per heavy atom. The molecule has 0 atom stereocenters. The lowest BCUT2D eigenvalue weighted by atomic mass is 10.2. The fraction of sp³-hybridized carbons (Fsp3) is 0.400. The van der Waals surface area contributed by atoms with E-state index in [0.717, 1.165) is 17.1 Å². The van der Waals surface area contributed by atoms with Crippen molar-refractivity contribution in [1.82, 2.24) is 10.2 Å². The molecule has 0 aliphatic carbocycles. The molecule has 18 heavy (non-hydrogen) atoms. The van der Waals surface area contributed by atoms with E-state index in [1.54, 1.807) is 6.92 Å². The van der Waals surface area contributed by atoms with Gasteiger partial charge in [0.05, 0.1) is 0 Å². The molecule has 0 saturated carbocycles. The second kappa shape index (κ2) is 4.60. The smallest absolute Gasteiger partial charge is 0.445 e. The summed E-state index contributed by atoms with van der Waals surface area (Å²) in [5.41, 5.74) is 0.885. The average Bonchev–Trinajstić information content (AvgIpc) is 2.81. The second-order valence-electron chi connectivity index (χ2n) is 3.70. The summed E-state index contributed by atoms with van der Waals surface area (Å²) >= 11 is 0.483. The maximum Gasteiger partial charge on any atom is 0.445 e. The molecule has 2 aromatic rings. The number of hydrogen-bond acceptors (Lipinski definition) is 5. The van der Waals surface area contributed by atoms with Crippen LogP contribution in [0.25, 0.3) is 0 Å². The molecule has 0 aromatic carbocycles. The van der Waals surface area contributed by atoms with Gasteiger partial charge in [0.1, 0.15) is 11.5 Å². The van der Waals surface area contributed by atoms with E-state index in [0.29, 0.717) is 17.9 Å². The summed E-state index contributed by atoms with van der Waals surface area (Å²) in [5, 5.41) is 8.50. The number of aromatic nitrogens is 2. The molecule has 0 aliphatic rings. The van der Waals surface area contributed by atoms with Crippen LogP contribution in [-0.4, -0.2) is 10.2 Å². The summed E-state index contributed by atoms with van der Waals surface area (Å²) < 4.78 is 42.2. The number of anilines is 1. The molecule has 0 amide bonds. The van der Waals surface area contributed by atoms with Gasteiger partial charge in [-0.05, 0) is 19.9 Å². The molecule has 2 heterocycles. The van der Waals surface area contributed by atoms with Gasteiger partial charge in [0.2, 0.25) is 10.1 Å². The number of nitrogens with one attached hydrogen (secondary N) is 1. The molecule has 0 fully saturated rings. The Kier molecular flexibility index (Phi) is 3.29. The van der Waals surface area contributed by atoms with Gasteiger partial charge in [0, 0.05) is 12.1 Å². The van der Waals surface area contributed by atoms with E-state index in [4.69, 9.17) is 4.42 Å². The van der Waals surface area contributed by atoms with E-state index < -0.39 is 11.2 Å². The highest BCUT2D eigenvalue weighted by Gasteiger charge is 2.35. The van der Waals surface area contributed by atoms with Crippen molar-refractivity contribution in [3.63, 3.8) is 0 Å². The van der Waals surface area contributed by atoms with E-state index in [9.17, 15) is 13.2 Å². The van der Waals surface area contributed by atoms with Crippen molar-refractivity contribution in [2.75, 3.05) is 5.32 Å². The summed E-state index contributed by atoms with van der Waals surface area (Å²) in [5.74, 6) is 1.50. The topological polar surface area (TPSA) is 51.0 Å². The van der Waals surface area contributed by atoms with Crippen LogP contribution in [0.2, 0.25) is 0 Å². The molecule has 0 radical (unpaired) electrons. The van der Waals surface area contributed by atoms with Gasteiger partial charge >= 0.3 is 6.18 Å². The number of aryl methyl sites for hydroxylation is 2. The molecule has 1 N–H and O–H groups in total. The van der Waals surface area contributed by atoms with Gasteiger partial charge in [-0.3, -0.25) is 0 Å². The third-order valence-electron chi connectivity index (χ3n) is 2.24. The zero-order chi connectivity index (χ0) is 13.3. The normalized spacial score (nSPS) is 11.8. The van der Waals surface area contributed by atoms with E-state index in [1.807, 2.05) is 13.0 Å². The first-order valence-corrected chi connectivity index (χ1v) is 5.88. The minimum absolute atomic E-state index is 0.139. The number of hydrogen-bond donors (Lipinski definition) is 1. The lowest BCUT2D eigenvalue weighted by Gasteiger charge is -2.00. The highest BCUT2D eigenvalue weighted by atomic mass is 32.1. The summed E-state index contributed by atoms with van der Waals surface area (Å²) in [6, 6.07) is 1.83. The van der Waals surface area contributed by atoms with E-state index >= 15 is 0 Å². The Labute approximate surface area is 105 Å². The fourth-order valence-electron chi connectivity index (χ4n) is 1.44. The summed E-state index contributed by atoms with van der Waals surface area (Å²) in [6.07, 6.45) is -4.44. The molecular formula is C10H10F3N3OS. The van der Waals surface area contributed by atoms with Crippen LogP contribution >= 0.6 is 11.3 Å². The Morgan fingerprint density at radius 3 is 2.56 bits per heavy atom. The van der Waals surface area contributed by atoms with Crippen molar-refractivity contribution in [1.29, 1.82) is 0 Å². The lowest BCUT2D eigenvalue weighted by molar-refractivity contribution is -0.138. The minimum atomic E-state index is -4.44. The van der Waals surface area contributed by atoms with Crippen LogP contribution in [-0.2, 0) is 12.7 Å². The Balaban J connectivity index is 2.03. The van der Waals surface area contributed by atoms with Crippen LogP contribution in [0.1, 0.15) is 22.1 Å². The van der Waals surface area contributed by atoms with Crippen LogP contribution in [0.4, 0.5) is 18.3 Å². The van der Waals surface area contributed by atoms with Gasteiger partial charge < -0.3 is 9.73 Å². The van der Waals surface area contributed by atoms with Crippen molar-refractivity contribution >= 4 is 16.5 Å².